The van der Waals surface area contributed by atoms with Crippen LogP contribution < -0.4 is 0 Å². The van der Waals surface area contributed by atoms with E-state index in [1.807, 2.05) is 6.92 Å². The molecule has 0 aliphatic heterocycles. The molecule has 25 heavy (non-hydrogen) atoms. The predicted octanol–water partition coefficient (Wildman–Crippen LogP) is 3.73. The first-order valence-corrected chi connectivity index (χ1v) is 10.2. The van der Waals surface area contributed by atoms with E-state index >= 15 is 0 Å². The first kappa shape index (κ1) is 24.4. The molecule has 150 valence electrons. The molecule has 5 heteroatoms. The molecule has 2 atom stereocenters. The van der Waals surface area contributed by atoms with Crippen LogP contribution in [-0.2, 0) is 9.53 Å². The van der Waals surface area contributed by atoms with Crippen LogP contribution in [0.4, 0.5) is 0 Å². The maximum atomic E-state index is 11.2. The summed E-state index contributed by atoms with van der Waals surface area (Å²) in [7, 11) is 0. The molecule has 0 aromatic rings. The van der Waals surface area contributed by atoms with E-state index in [1.54, 1.807) is 0 Å². The highest BCUT2D eigenvalue weighted by Crippen LogP contribution is 2.15. The molecule has 5 nitrogen and oxygen atoms in total. The van der Waals surface area contributed by atoms with Gasteiger partial charge in [0.15, 0.2) is 0 Å². The second-order valence-electron chi connectivity index (χ2n) is 6.88. The van der Waals surface area contributed by atoms with E-state index in [2.05, 4.69) is 0 Å². The van der Waals surface area contributed by atoms with Gasteiger partial charge in [-0.1, -0.05) is 57.8 Å². The van der Waals surface area contributed by atoms with E-state index in [-0.39, 0.29) is 12.6 Å². The zero-order valence-electron chi connectivity index (χ0n) is 16.1. The minimum atomic E-state index is -0.617. The van der Waals surface area contributed by atoms with Crippen molar-refractivity contribution in [2.45, 2.75) is 109 Å². The fourth-order valence-electron chi connectivity index (χ4n) is 2.94. The molecule has 0 radical (unpaired) electrons. The van der Waals surface area contributed by atoms with Crippen molar-refractivity contribution < 1.29 is 24.9 Å². The SMILES string of the molecule is CCOC(=O)CCCCCCCC(O)C(O)CCCCCCCCO. The van der Waals surface area contributed by atoms with Crippen LogP contribution in [0.5, 0.6) is 0 Å². The lowest BCUT2D eigenvalue weighted by Crippen LogP contribution is -2.25. The van der Waals surface area contributed by atoms with Gasteiger partial charge in [-0.05, 0) is 32.6 Å². The largest absolute Gasteiger partial charge is 0.466 e. The molecule has 2 unspecified atom stereocenters. The van der Waals surface area contributed by atoms with Crippen molar-refractivity contribution in [3.05, 3.63) is 0 Å². The Morgan fingerprint density at radius 2 is 1.20 bits per heavy atom. The Balaban J connectivity index is 3.40. The third-order valence-electron chi connectivity index (χ3n) is 4.54. The Bertz CT molecular complexity index is 296. The number of esters is 1. The number of carbonyl (C=O) groups is 1. The van der Waals surface area contributed by atoms with Gasteiger partial charge < -0.3 is 20.1 Å². The summed E-state index contributed by atoms with van der Waals surface area (Å²) in [6.45, 7) is 2.54. The van der Waals surface area contributed by atoms with Gasteiger partial charge in [0.25, 0.3) is 0 Å². The standard InChI is InChI=1S/C20H40O5/c1-2-25-20(24)16-12-8-5-7-11-15-19(23)18(22)14-10-6-3-4-9-13-17-21/h18-19,21-23H,2-17H2,1H3. The van der Waals surface area contributed by atoms with Crippen molar-refractivity contribution in [1.29, 1.82) is 0 Å². The Kier molecular flexibility index (Phi) is 17.7. The average Bonchev–Trinajstić information content (AvgIpc) is 2.60. The van der Waals surface area contributed by atoms with Crippen LogP contribution in [-0.4, -0.2) is 46.7 Å². The zero-order chi connectivity index (χ0) is 18.8. The third-order valence-corrected chi connectivity index (χ3v) is 4.54. The summed E-state index contributed by atoms with van der Waals surface area (Å²) in [6.07, 6.45) is 11.7. The van der Waals surface area contributed by atoms with Gasteiger partial charge in [0.1, 0.15) is 0 Å². The summed E-state index contributed by atoms with van der Waals surface area (Å²) in [6, 6.07) is 0. The van der Waals surface area contributed by atoms with Crippen LogP contribution in [0.25, 0.3) is 0 Å². The van der Waals surface area contributed by atoms with Crippen molar-refractivity contribution in [2.75, 3.05) is 13.2 Å². The number of aliphatic hydroxyl groups excluding tert-OH is 3. The maximum Gasteiger partial charge on any atom is 0.305 e. The first-order chi connectivity index (χ1) is 12.1. The second kappa shape index (κ2) is 18.2. The molecule has 0 aromatic carbocycles. The average molecular weight is 361 g/mol. The smallest absolute Gasteiger partial charge is 0.305 e. The summed E-state index contributed by atoms with van der Waals surface area (Å²) in [5.41, 5.74) is 0. The normalized spacial score (nSPS) is 13.6. The van der Waals surface area contributed by atoms with Crippen LogP contribution in [0.2, 0.25) is 0 Å². The van der Waals surface area contributed by atoms with E-state index in [1.165, 1.54) is 0 Å². The highest BCUT2D eigenvalue weighted by atomic mass is 16.5. The van der Waals surface area contributed by atoms with Gasteiger partial charge in [0, 0.05) is 13.0 Å². The summed E-state index contributed by atoms with van der Waals surface area (Å²) in [5.74, 6) is -0.116. The van der Waals surface area contributed by atoms with Crippen molar-refractivity contribution >= 4 is 5.97 Å². The molecule has 0 fully saturated rings. The highest BCUT2D eigenvalue weighted by Gasteiger charge is 2.15. The maximum absolute atomic E-state index is 11.2. The molecule has 0 aliphatic carbocycles. The van der Waals surface area contributed by atoms with Crippen molar-refractivity contribution in [2.24, 2.45) is 0 Å². The molecule has 0 saturated heterocycles. The molecule has 0 bridgehead atoms. The molecule has 0 rings (SSSR count). The number of aliphatic hydroxyl groups is 3. The number of carbonyl (C=O) groups excluding carboxylic acids is 1. The molecular weight excluding hydrogens is 320 g/mol. The quantitative estimate of drug-likeness (QED) is 0.256. The lowest BCUT2D eigenvalue weighted by molar-refractivity contribution is -0.143. The number of hydrogen-bond acceptors (Lipinski definition) is 5. The lowest BCUT2D eigenvalue weighted by Gasteiger charge is -2.17. The van der Waals surface area contributed by atoms with Gasteiger partial charge in [0.2, 0.25) is 0 Å². The van der Waals surface area contributed by atoms with E-state index in [9.17, 15) is 15.0 Å². The molecule has 0 aromatic heterocycles. The van der Waals surface area contributed by atoms with Crippen LogP contribution in [0.1, 0.15) is 96.8 Å². The van der Waals surface area contributed by atoms with Crippen molar-refractivity contribution in [1.82, 2.24) is 0 Å². The van der Waals surface area contributed by atoms with Crippen LogP contribution in [0.15, 0.2) is 0 Å². The molecule has 3 N–H and O–H groups in total. The van der Waals surface area contributed by atoms with Gasteiger partial charge in [0.05, 0.1) is 18.8 Å². The fraction of sp³-hybridized carbons (Fsp3) is 0.950. The highest BCUT2D eigenvalue weighted by molar-refractivity contribution is 5.69. The van der Waals surface area contributed by atoms with Crippen molar-refractivity contribution in [3.8, 4) is 0 Å². The monoisotopic (exact) mass is 360 g/mol. The topological polar surface area (TPSA) is 87.0 Å². The fourth-order valence-corrected chi connectivity index (χ4v) is 2.94. The molecule has 0 saturated carbocycles. The second-order valence-corrected chi connectivity index (χ2v) is 6.88. The number of rotatable bonds is 18. The third kappa shape index (κ3) is 16.6. The first-order valence-electron chi connectivity index (χ1n) is 10.2. The zero-order valence-corrected chi connectivity index (χ0v) is 16.1. The predicted molar refractivity (Wildman–Crippen MR) is 100 cm³/mol. The van der Waals surface area contributed by atoms with E-state index in [0.29, 0.717) is 25.9 Å². The van der Waals surface area contributed by atoms with E-state index in [0.717, 1.165) is 70.6 Å². The number of ether oxygens (including phenoxy) is 1. The molecular formula is C20H40O5. The Morgan fingerprint density at radius 3 is 1.68 bits per heavy atom. The van der Waals surface area contributed by atoms with Gasteiger partial charge >= 0.3 is 5.97 Å². The number of unbranched alkanes of at least 4 members (excludes halogenated alkanes) is 9. The summed E-state index contributed by atoms with van der Waals surface area (Å²) < 4.78 is 4.88. The number of hydrogen-bond donors (Lipinski definition) is 3. The van der Waals surface area contributed by atoms with Gasteiger partial charge in [-0.25, -0.2) is 0 Å². The van der Waals surface area contributed by atoms with Crippen LogP contribution in [0.3, 0.4) is 0 Å². The molecule has 0 aliphatic rings. The Morgan fingerprint density at radius 1 is 0.760 bits per heavy atom. The minimum Gasteiger partial charge on any atom is -0.466 e. The Labute approximate surface area is 153 Å². The van der Waals surface area contributed by atoms with Crippen molar-refractivity contribution in [3.63, 3.8) is 0 Å². The molecule has 0 amide bonds. The minimum absolute atomic E-state index is 0.116. The van der Waals surface area contributed by atoms with Gasteiger partial charge in [-0.2, -0.15) is 0 Å². The molecule has 0 heterocycles. The summed E-state index contributed by atoms with van der Waals surface area (Å²) in [4.78, 5) is 11.2. The van der Waals surface area contributed by atoms with Crippen LogP contribution in [0, 0.1) is 0 Å². The summed E-state index contributed by atoms with van der Waals surface area (Å²) in [5, 5.41) is 28.7. The van der Waals surface area contributed by atoms with Crippen LogP contribution >= 0.6 is 0 Å². The van der Waals surface area contributed by atoms with Gasteiger partial charge in [-0.3, -0.25) is 4.79 Å². The van der Waals surface area contributed by atoms with E-state index < -0.39 is 12.2 Å². The lowest BCUT2D eigenvalue weighted by atomic mass is 9.99. The Hall–Kier alpha value is -0.650. The van der Waals surface area contributed by atoms with E-state index in [4.69, 9.17) is 9.84 Å². The van der Waals surface area contributed by atoms with Gasteiger partial charge in [-0.15, -0.1) is 0 Å². The molecule has 0 spiro atoms. The summed E-state index contributed by atoms with van der Waals surface area (Å²) >= 11 is 0.